The molecule has 0 aliphatic carbocycles. The van der Waals surface area contributed by atoms with Gasteiger partial charge in [-0.25, -0.2) is 4.39 Å². The predicted octanol–water partition coefficient (Wildman–Crippen LogP) is 2.08. The van der Waals surface area contributed by atoms with Crippen molar-refractivity contribution in [3.05, 3.63) is 47.6 Å². The lowest BCUT2D eigenvalue weighted by Crippen LogP contribution is -2.49. The summed E-state index contributed by atoms with van der Waals surface area (Å²) in [5, 5.41) is 3.74. The minimum absolute atomic E-state index is 0.139. The molecule has 3 rings (SSSR count). The maximum Gasteiger partial charge on any atom is 0.276 e. The highest BCUT2D eigenvalue weighted by atomic mass is 19.1. The number of aryl methyl sites for hydroxylation is 1. The van der Waals surface area contributed by atoms with Crippen molar-refractivity contribution in [3.63, 3.8) is 0 Å². The molecule has 5 nitrogen and oxygen atoms in total. The molecule has 0 N–H and O–H groups in total. The molecule has 1 aliphatic rings. The predicted molar refractivity (Wildman–Crippen MR) is 75.8 cm³/mol. The summed E-state index contributed by atoms with van der Waals surface area (Å²) >= 11 is 0. The average Bonchev–Trinajstić information content (AvgIpc) is 2.94. The van der Waals surface area contributed by atoms with Gasteiger partial charge in [0.05, 0.1) is 5.69 Å². The normalized spacial score (nSPS) is 15.3. The van der Waals surface area contributed by atoms with Crippen LogP contribution in [0.5, 0.6) is 0 Å². The van der Waals surface area contributed by atoms with E-state index in [2.05, 4.69) is 5.16 Å². The Kier molecular flexibility index (Phi) is 3.60. The molecule has 0 unspecified atom stereocenters. The van der Waals surface area contributed by atoms with Gasteiger partial charge in [-0.15, -0.1) is 0 Å². The summed E-state index contributed by atoms with van der Waals surface area (Å²) in [6.07, 6.45) is 0. The number of piperazine rings is 1. The molecular formula is C15H16FN3O2. The Morgan fingerprint density at radius 3 is 2.57 bits per heavy atom. The van der Waals surface area contributed by atoms with Crippen molar-refractivity contribution in [3.8, 4) is 0 Å². The highest BCUT2D eigenvalue weighted by molar-refractivity contribution is 5.92. The molecular weight excluding hydrogens is 273 g/mol. The van der Waals surface area contributed by atoms with E-state index in [1.54, 1.807) is 30.0 Å². The van der Waals surface area contributed by atoms with E-state index in [0.717, 1.165) is 0 Å². The Labute approximate surface area is 121 Å². The fraction of sp³-hybridized carbons (Fsp3) is 0.333. The zero-order valence-electron chi connectivity index (χ0n) is 11.8. The van der Waals surface area contributed by atoms with E-state index in [9.17, 15) is 9.18 Å². The lowest BCUT2D eigenvalue weighted by Gasteiger charge is -2.35. The molecule has 0 radical (unpaired) electrons. The maximum absolute atomic E-state index is 13.8. The van der Waals surface area contributed by atoms with Crippen molar-refractivity contribution < 1.29 is 13.7 Å². The first-order valence-electron chi connectivity index (χ1n) is 6.87. The first-order valence-corrected chi connectivity index (χ1v) is 6.87. The monoisotopic (exact) mass is 289 g/mol. The lowest BCUT2D eigenvalue weighted by atomic mass is 10.2. The van der Waals surface area contributed by atoms with Crippen molar-refractivity contribution in [1.29, 1.82) is 0 Å². The van der Waals surface area contributed by atoms with Crippen LogP contribution in [0.3, 0.4) is 0 Å². The molecule has 1 fully saturated rings. The average molecular weight is 289 g/mol. The summed E-state index contributed by atoms with van der Waals surface area (Å²) in [5.74, 6) is 0.243. The van der Waals surface area contributed by atoms with E-state index in [0.29, 0.717) is 43.3 Å². The standard InChI is InChI=1S/C15H16FN3O2/c1-11-10-13(17-21-11)15(20)19-8-6-18(7-9-19)14-5-3-2-4-12(14)16/h2-5,10H,6-9H2,1H3. The number of benzene rings is 1. The van der Waals surface area contributed by atoms with Crippen LogP contribution < -0.4 is 4.90 Å². The van der Waals surface area contributed by atoms with Gasteiger partial charge in [0.25, 0.3) is 5.91 Å². The van der Waals surface area contributed by atoms with Crippen molar-refractivity contribution in [2.24, 2.45) is 0 Å². The van der Waals surface area contributed by atoms with Gasteiger partial charge in [-0.05, 0) is 19.1 Å². The van der Waals surface area contributed by atoms with Gasteiger partial charge in [0.15, 0.2) is 5.69 Å². The zero-order valence-corrected chi connectivity index (χ0v) is 11.8. The van der Waals surface area contributed by atoms with E-state index in [1.165, 1.54) is 6.07 Å². The van der Waals surface area contributed by atoms with E-state index in [-0.39, 0.29) is 11.7 Å². The minimum atomic E-state index is -0.232. The van der Waals surface area contributed by atoms with Gasteiger partial charge in [0, 0.05) is 32.2 Å². The second kappa shape index (κ2) is 5.55. The third kappa shape index (κ3) is 2.74. The van der Waals surface area contributed by atoms with E-state index >= 15 is 0 Å². The van der Waals surface area contributed by atoms with Crippen LogP contribution in [0.15, 0.2) is 34.9 Å². The van der Waals surface area contributed by atoms with Gasteiger partial charge in [0.1, 0.15) is 11.6 Å². The first kappa shape index (κ1) is 13.6. The maximum atomic E-state index is 13.8. The number of amides is 1. The highest BCUT2D eigenvalue weighted by Crippen LogP contribution is 2.20. The van der Waals surface area contributed by atoms with Crippen LogP contribution in [0.1, 0.15) is 16.2 Å². The summed E-state index contributed by atoms with van der Waals surface area (Å²) in [4.78, 5) is 15.9. The van der Waals surface area contributed by atoms with E-state index in [4.69, 9.17) is 4.52 Å². The Bertz CT molecular complexity index is 648. The molecule has 21 heavy (non-hydrogen) atoms. The number of carbonyl (C=O) groups excluding carboxylic acids is 1. The van der Waals surface area contributed by atoms with Gasteiger partial charge in [0.2, 0.25) is 0 Å². The highest BCUT2D eigenvalue weighted by Gasteiger charge is 2.25. The van der Waals surface area contributed by atoms with Crippen molar-refractivity contribution in [2.75, 3.05) is 31.1 Å². The smallest absolute Gasteiger partial charge is 0.276 e. The molecule has 0 saturated carbocycles. The Balaban J connectivity index is 1.65. The van der Waals surface area contributed by atoms with Crippen LogP contribution in [-0.2, 0) is 0 Å². The molecule has 0 atom stereocenters. The minimum Gasteiger partial charge on any atom is -0.366 e. The fourth-order valence-electron chi connectivity index (χ4n) is 2.49. The fourth-order valence-corrected chi connectivity index (χ4v) is 2.49. The summed E-state index contributed by atoms with van der Waals surface area (Å²) in [6.45, 7) is 4.03. The van der Waals surface area contributed by atoms with Gasteiger partial charge >= 0.3 is 0 Å². The lowest BCUT2D eigenvalue weighted by molar-refractivity contribution is 0.0736. The number of rotatable bonds is 2. The third-order valence-corrected chi connectivity index (χ3v) is 3.61. The Morgan fingerprint density at radius 2 is 1.95 bits per heavy atom. The number of hydrogen-bond acceptors (Lipinski definition) is 4. The molecule has 1 aliphatic heterocycles. The summed E-state index contributed by atoms with van der Waals surface area (Å²) < 4.78 is 18.7. The van der Waals surface area contributed by atoms with Crippen LogP contribution in [0.25, 0.3) is 0 Å². The quantitative estimate of drug-likeness (QED) is 0.849. The molecule has 1 aromatic carbocycles. The molecule has 2 heterocycles. The van der Waals surface area contributed by atoms with E-state index < -0.39 is 0 Å². The van der Waals surface area contributed by atoms with E-state index in [1.807, 2.05) is 11.0 Å². The summed E-state index contributed by atoms with van der Waals surface area (Å²) in [6, 6.07) is 8.32. The molecule has 0 spiro atoms. The third-order valence-electron chi connectivity index (χ3n) is 3.61. The topological polar surface area (TPSA) is 49.6 Å². The van der Waals surface area contributed by atoms with Crippen LogP contribution in [0, 0.1) is 12.7 Å². The molecule has 1 aromatic heterocycles. The van der Waals surface area contributed by atoms with Crippen LogP contribution in [0.2, 0.25) is 0 Å². The number of nitrogens with zero attached hydrogens (tertiary/aromatic N) is 3. The second-order valence-corrected chi connectivity index (χ2v) is 5.05. The number of anilines is 1. The number of halogens is 1. The van der Waals surface area contributed by atoms with Crippen LogP contribution in [0.4, 0.5) is 10.1 Å². The van der Waals surface area contributed by atoms with Crippen molar-refractivity contribution in [2.45, 2.75) is 6.92 Å². The van der Waals surface area contributed by atoms with Gasteiger partial charge < -0.3 is 14.3 Å². The molecule has 110 valence electrons. The first-order chi connectivity index (χ1) is 10.1. The molecule has 2 aromatic rings. The van der Waals surface area contributed by atoms with Crippen LogP contribution in [-0.4, -0.2) is 42.1 Å². The largest absolute Gasteiger partial charge is 0.366 e. The number of hydrogen-bond donors (Lipinski definition) is 0. The van der Waals surface area contributed by atoms with Crippen molar-refractivity contribution in [1.82, 2.24) is 10.1 Å². The van der Waals surface area contributed by atoms with Crippen LogP contribution >= 0.6 is 0 Å². The molecule has 0 bridgehead atoms. The SMILES string of the molecule is Cc1cc(C(=O)N2CCN(c3ccccc3F)CC2)no1. The summed E-state index contributed by atoms with van der Waals surface area (Å²) in [5.41, 5.74) is 0.911. The number of aromatic nitrogens is 1. The number of carbonyl (C=O) groups is 1. The molecule has 1 saturated heterocycles. The summed E-state index contributed by atoms with van der Waals surface area (Å²) in [7, 11) is 0. The number of para-hydroxylation sites is 1. The zero-order chi connectivity index (χ0) is 14.8. The Hall–Kier alpha value is -2.37. The van der Waals surface area contributed by atoms with Gasteiger partial charge in [-0.3, -0.25) is 4.79 Å². The van der Waals surface area contributed by atoms with Gasteiger partial charge in [-0.1, -0.05) is 17.3 Å². The van der Waals surface area contributed by atoms with Crippen molar-refractivity contribution >= 4 is 11.6 Å². The molecule has 1 amide bonds. The molecule has 6 heteroatoms. The Morgan fingerprint density at radius 1 is 1.24 bits per heavy atom. The van der Waals surface area contributed by atoms with Gasteiger partial charge in [-0.2, -0.15) is 0 Å². The second-order valence-electron chi connectivity index (χ2n) is 5.05.